The van der Waals surface area contributed by atoms with Crippen LogP contribution in [0.3, 0.4) is 0 Å². The van der Waals surface area contributed by atoms with Gasteiger partial charge in [0.1, 0.15) is 23.4 Å². The minimum Gasteiger partial charge on any atom is -0.340 e. The topological polar surface area (TPSA) is 63.9 Å². The Morgan fingerprint density at radius 3 is 2.62 bits per heavy atom. The summed E-state index contributed by atoms with van der Waals surface area (Å²) in [5, 5.41) is 0. The van der Waals surface area contributed by atoms with Gasteiger partial charge >= 0.3 is 6.18 Å². The van der Waals surface area contributed by atoms with Crippen LogP contribution in [0.2, 0.25) is 0 Å². The summed E-state index contributed by atoms with van der Waals surface area (Å²) in [7, 11) is 0. The number of nitrogens with zero attached hydrogens (tertiary/aromatic N) is 5. The molecule has 29 heavy (non-hydrogen) atoms. The van der Waals surface area contributed by atoms with E-state index >= 15 is 0 Å². The molecule has 1 aliphatic rings. The van der Waals surface area contributed by atoms with E-state index in [-0.39, 0.29) is 23.6 Å². The molecule has 1 amide bonds. The number of carbonyl (C=O) groups is 1. The number of hydrogen-bond donors (Lipinski definition) is 0. The van der Waals surface area contributed by atoms with Gasteiger partial charge in [0.05, 0.1) is 0 Å². The molecule has 0 unspecified atom stereocenters. The highest BCUT2D eigenvalue weighted by Crippen LogP contribution is 2.33. The van der Waals surface area contributed by atoms with Crippen LogP contribution in [0.5, 0.6) is 0 Å². The Balaban J connectivity index is 1.80. The van der Waals surface area contributed by atoms with Crippen molar-refractivity contribution < 1.29 is 18.0 Å². The van der Waals surface area contributed by atoms with Gasteiger partial charge in [0.2, 0.25) is 5.91 Å². The predicted molar refractivity (Wildman–Crippen MR) is 101 cm³/mol. The van der Waals surface area contributed by atoms with Gasteiger partial charge in [-0.15, -0.1) is 0 Å². The minimum absolute atomic E-state index is 0.0729. The number of carbonyl (C=O) groups excluding carboxylic acids is 1. The van der Waals surface area contributed by atoms with Gasteiger partial charge in [0, 0.05) is 43.5 Å². The van der Waals surface area contributed by atoms with E-state index in [1.807, 2.05) is 18.4 Å². The molecule has 1 saturated heterocycles. The Kier molecular flexibility index (Phi) is 5.95. The second kappa shape index (κ2) is 8.12. The summed E-state index contributed by atoms with van der Waals surface area (Å²) in [5.41, 5.74) is -0.554. The maximum Gasteiger partial charge on any atom is 0.433 e. The molecule has 0 saturated carbocycles. The normalized spacial score (nSPS) is 18.5. The first-order valence-electron chi connectivity index (χ1n) is 9.88. The molecule has 158 valence electrons. The molecule has 6 nitrogen and oxygen atoms in total. The van der Waals surface area contributed by atoms with Crippen molar-refractivity contribution in [2.45, 2.75) is 64.6 Å². The molecule has 3 heterocycles. The zero-order valence-electron chi connectivity index (χ0n) is 17.1. The first-order chi connectivity index (χ1) is 13.6. The van der Waals surface area contributed by atoms with Gasteiger partial charge in [-0.3, -0.25) is 4.79 Å². The highest BCUT2D eigenvalue weighted by atomic mass is 19.4. The third-order valence-corrected chi connectivity index (χ3v) is 5.35. The lowest BCUT2D eigenvalue weighted by Gasteiger charge is -2.23. The summed E-state index contributed by atoms with van der Waals surface area (Å²) in [6, 6.07) is 0.597. The molecule has 1 fully saturated rings. The highest BCUT2D eigenvalue weighted by molar-refractivity contribution is 5.80. The molecule has 9 heteroatoms. The van der Waals surface area contributed by atoms with E-state index in [4.69, 9.17) is 0 Å². The third-order valence-electron chi connectivity index (χ3n) is 5.35. The van der Waals surface area contributed by atoms with Gasteiger partial charge < -0.3 is 9.47 Å². The fraction of sp³-hybridized carbons (Fsp3) is 0.600. The van der Waals surface area contributed by atoms with E-state index in [0.29, 0.717) is 31.6 Å². The van der Waals surface area contributed by atoms with Crippen molar-refractivity contribution >= 4 is 5.91 Å². The molecule has 0 aliphatic carbocycles. The number of halogens is 3. The highest BCUT2D eigenvalue weighted by Gasteiger charge is 2.37. The quantitative estimate of drug-likeness (QED) is 0.750. The first kappa shape index (κ1) is 21.3. The molecule has 0 aromatic carbocycles. The van der Waals surface area contributed by atoms with Crippen molar-refractivity contribution in [2.75, 3.05) is 13.1 Å². The van der Waals surface area contributed by atoms with Crippen LogP contribution in [0, 0.1) is 0 Å². The molecular formula is C20H26F3N5O. The fourth-order valence-corrected chi connectivity index (χ4v) is 3.63. The van der Waals surface area contributed by atoms with E-state index in [9.17, 15) is 18.0 Å². The fourth-order valence-electron chi connectivity index (χ4n) is 3.63. The lowest BCUT2D eigenvalue weighted by Crippen LogP contribution is -2.35. The molecule has 0 bridgehead atoms. The molecule has 2 aromatic heterocycles. The predicted octanol–water partition coefficient (Wildman–Crippen LogP) is 3.95. The number of aryl methyl sites for hydroxylation is 1. The van der Waals surface area contributed by atoms with Crippen molar-refractivity contribution in [1.82, 2.24) is 24.4 Å². The standard InChI is InChI=1S/C20H26F3N5O/c1-5-17-24-7-9-28(17)13(4)19(29)27-8-6-14(11-27)18-25-15(12(2)3)10-16(26-18)20(21,22)23/h7,9-10,12-14H,5-6,8,11H2,1-4H3/t13-,14+/m0/s1. The molecule has 3 rings (SSSR count). The van der Waals surface area contributed by atoms with Crippen LogP contribution in [0.25, 0.3) is 0 Å². The molecule has 1 aliphatic heterocycles. The average Bonchev–Trinajstić information content (AvgIpc) is 3.35. The van der Waals surface area contributed by atoms with Crippen molar-refractivity contribution in [3.05, 3.63) is 41.5 Å². The van der Waals surface area contributed by atoms with E-state index in [1.54, 1.807) is 31.1 Å². The second-order valence-corrected chi connectivity index (χ2v) is 7.74. The number of imidazole rings is 1. The minimum atomic E-state index is -4.53. The Morgan fingerprint density at radius 2 is 2.00 bits per heavy atom. The zero-order valence-corrected chi connectivity index (χ0v) is 17.1. The number of alkyl halides is 3. The number of hydrogen-bond acceptors (Lipinski definition) is 4. The Hall–Kier alpha value is -2.45. The summed E-state index contributed by atoms with van der Waals surface area (Å²) in [6.45, 7) is 8.18. The molecule has 0 N–H and O–H groups in total. The maximum atomic E-state index is 13.3. The van der Waals surface area contributed by atoms with Crippen LogP contribution in [0.15, 0.2) is 18.5 Å². The average molecular weight is 409 g/mol. The summed E-state index contributed by atoms with van der Waals surface area (Å²) >= 11 is 0. The Labute approximate surface area is 168 Å². The van der Waals surface area contributed by atoms with Crippen LogP contribution < -0.4 is 0 Å². The van der Waals surface area contributed by atoms with E-state index in [2.05, 4.69) is 15.0 Å². The number of rotatable bonds is 5. The zero-order chi connectivity index (χ0) is 21.3. The third kappa shape index (κ3) is 4.43. The van der Waals surface area contributed by atoms with Gasteiger partial charge in [-0.2, -0.15) is 13.2 Å². The number of likely N-dealkylation sites (tertiary alicyclic amines) is 1. The van der Waals surface area contributed by atoms with E-state index in [0.717, 1.165) is 11.9 Å². The molecule has 0 radical (unpaired) electrons. The van der Waals surface area contributed by atoms with Gasteiger partial charge in [-0.05, 0) is 25.3 Å². The van der Waals surface area contributed by atoms with Gasteiger partial charge in [-0.1, -0.05) is 20.8 Å². The monoisotopic (exact) mass is 409 g/mol. The van der Waals surface area contributed by atoms with E-state index in [1.165, 1.54) is 0 Å². The van der Waals surface area contributed by atoms with Crippen molar-refractivity contribution in [3.8, 4) is 0 Å². The largest absolute Gasteiger partial charge is 0.433 e. The summed E-state index contributed by atoms with van der Waals surface area (Å²) in [4.78, 5) is 27.1. The second-order valence-electron chi connectivity index (χ2n) is 7.74. The lowest BCUT2D eigenvalue weighted by molar-refractivity contribution is -0.141. The molecular weight excluding hydrogens is 383 g/mol. The van der Waals surface area contributed by atoms with E-state index < -0.39 is 17.9 Å². The number of amides is 1. The van der Waals surface area contributed by atoms with Crippen LogP contribution in [-0.4, -0.2) is 43.4 Å². The molecule has 2 atom stereocenters. The summed E-state index contributed by atoms with van der Waals surface area (Å²) in [5.74, 6) is 0.467. The van der Waals surface area contributed by atoms with Crippen LogP contribution in [0.4, 0.5) is 13.2 Å². The maximum absolute atomic E-state index is 13.3. The SMILES string of the molecule is CCc1nccn1[C@@H](C)C(=O)N1CC[C@@H](c2nc(C(C)C)cc(C(F)(F)F)n2)C1. The molecule has 0 spiro atoms. The van der Waals surface area contributed by atoms with Crippen molar-refractivity contribution in [3.63, 3.8) is 0 Å². The summed E-state index contributed by atoms with van der Waals surface area (Å²) in [6.07, 6.45) is 0.173. The first-order valence-corrected chi connectivity index (χ1v) is 9.88. The van der Waals surface area contributed by atoms with Crippen LogP contribution in [-0.2, 0) is 17.4 Å². The van der Waals surface area contributed by atoms with Gasteiger partial charge in [0.15, 0.2) is 0 Å². The number of aromatic nitrogens is 4. The summed E-state index contributed by atoms with van der Waals surface area (Å²) < 4.78 is 41.7. The van der Waals surface area contributed by atoms with Crippen molar-refractivity contribution in [1.29, 1.82) is 0 Å². The van der Waals surface area contributed by atoms with Gasteiger partial charge in [-0.25, -0.2) is 15.0 Å². The Bertz CT molecular complexity index is 877. The molecule has 2 aromatic rings. The lowest BCUT2D eigenvalue weighted by atomic mass is 10.1. The van der Waals surface area contributed by atoms with Crippen LogP contribution in [0.1, 0.15) is 75.0 Å². The van der Waals surface area contributed by atoms with Crippen molar-refractivity contribution in [2.24, 2.45) is 0 Å². The smallest absolute Gasteiger partial charge is 0.340 e. The Morgan fingerprint density at radius 1 is 1.28 bits per heavy atom. The van der Waals surface area contributed by atoms with Gasteiger partial charge in [0.25, 0.3) is 0 Å². The van der Waals surface area contributed by atoms with Crippen LogP contribution >= 0.6 is 0 Å².